The molecule has 0 atom stereocenters. The van der Waals surface area contributed by atoms with Crippen LogP contribution in [0.5, 0.6) is 0 Å². The Balaban J connectivity index is 2.08. The number of aromatic amines is 1. The number of halogens is 1. The molecule has 3 heterocycles. The quantitative estimate of drug-likeness (QED) is 0.745. The second-order valence-corrected chi connectivity index (χ2v) is 6.58. The van der Waals surface area contributed by atoms with E-state index in [0.717, 1.165) is 17.8 Å². The van der Waals surface area contributed by atoms with Gasteiger partial charge in [-0.2, -0.15) is 0 Å². The number of fused-ring (bicyclic) bond motifs is 1. The molecule has 0 amide bonds. The van der Waals surface area contributed by atoms with E-state index in [1.807, 2.05) is 13.0 Å². The van der Waals surface area contributed by atoms with Crippen LogP contribution in [-0.2, 0) is 19.4 Å². The molecule has 0 aliphatic heterocycles. The lowest BCUT2D eigenvalue weighted by atomic mass is 10.1. The minimum absolute atomic E-state index is 0.182. The zero-order chi connectivity index (χ0) is 18.1. The van der Waals surface area contributed by atoms with Crippen molar-refractivity contribution in [3.05, 3.63) is 51.7 Å². The number of hydrogen-bond acceptors (Lipinski definition) is 4. The third-order valence-corrected chi connectivity index (χ3v) is 4.17. The van der Waals surface area contributed by atoms with Gasteiger partial charge in [-0.05, 0) is 30.9 Å². The predicted octanol–water partition coefficient (Wildman–Crippen LogP) is 2.65. The number of imidazole rings is 1. The number of aryl methyl sites for hydroxylation is 1. The third-order valence-electron chi connectivity index (χ3n) is 4.17. The first-order chi connectivity index (χ1) is 11.9. The number of nitrogens with one attached hydrogen (secondary N) is 1. The van der Waals surface area contributed by atoms with Crippen molar-refractivity contribution in [1.82, 2.24) is 19.5 Å². The largest absolute Gasteiger partial charge is 0.394 e. The summed E-state index contributed by atoms with van der Waals surface area (Å²) in [5, 5.41) is 0. The van der Waals surface area contributed by atoms with Crippen molar-refractivity contribution in [1.29, 1.82) is 0 Å². The van der Waals surface area contributed by atoms with E-state index in [4.69, 9.17) is 5.73 Å². The topological polar surface area (TPSA) is 89.6 Å². The Morgan fingerprint density at radius 1 is 1.36 bits per heavy atom. The fraction of sp³-hybridized carbons (Fsp3) is 0.389. The van der Waals surface area contributed by atoms with Crippen molar-refractivity contribution < 1.29 is 4.39 Å². The van der Waals surface area contributed by atoms with E-state index in [1.165, 1.54) is 6.20 Å². The van der Waals surface area contributed by atoms with E-state index >= 15 is 0 Å². The van der Waals surface area contributed by atoms with Gasteiger partial charge in [0.25, 0.3) is 5.56 Å². The number of H-pyrrole nitrogens is 1. The Morgan fingerprint density at radius 3 is 2.80 bits per heavy atom. The van der Waals surface area contributed by atoms with Crippen LogP contribution in [0, 0.1) is 11.7 Å². The Labute approximate surface area is 144 Å². The van der Waals surface area contributed by atoms with E-state index in [0.29, 0.717) is 23.7 Å². The number of pyridine rings is 2. The maximum Gasteiger partial charge on any atom is 0.274 e. The van der Waals surface area contributed by atoms with Crippen LogP contribution in [0.2, 0.25) is 0 Å². The second kappa shape index (κ2) is 6.66. The first-order valence-corrected chi connectivity index (χ1v) is 8.40. The van der Waals surface area contributed by atoms with Gasteiger partial charge >= 0.3 is 0 Å². The Hall–Kier alpha value is -2.70. The molecule has 0 saturated carbocycles. The van der Waals surface area contributed by atoms with Gasteiger partial charge in [0.05, 0.1) is 29.6 Å². The van der Waals surface area contributed by atoms with Gasteiger partial charge < -0.3 is 15.3 Å². The third kappa shape index (κ3) is 3.26. The molecule has 3 aromatic rings. The van der Waals surface area contributed by atoms with Gasteiger partial charge in [0.15, 0.2) is 5.82 Å². The number of aromatic nitrogens is 4. The normalized spacial score (nSPS) is 11.6. The Bertz CT molecular complexity index is 973. The molecule has 0 radical (unpaired) electrons. The van der Waals surface area contributed by atoms with E-state index in [1.54, 1.807) is 10.6 Å². The summed E-state index contributed by atoms with van der Waals surface area (Å²) in [5.74, 6) is 0.422. The van der Waals surface area contributed by atoms with Gasteiger partial charge in [0, 0.05) is 5.69 Å². The zero-order valence-electron chi connectivity index (χ0n) is 14.6. The fourth-order valence-corrected chi connectivity index (χ4v) is 2.95. The first-order valence-electron chi connectivity index (χ1n) is 8.40. The molecule has 0 bridgehead atoms. The molecule has 6 nitrogen and oxygen atoms in total. The minimum atomic E-state index is -0.472. The molecule has 0 aliphatic carbocycles. The molecular formula is C18H22FN5O. The van der Waals surface area contributed by atoms with E-state index in [2.05, 4.69) is 28.8 Å². The molecule has 25 heavy (non-hydrogen) atoms. The average Bonchev–Trinajstić information content (AvgIpc) is 2.99. The molecule has 3 N–H and O–H groups in total. The number of rotatable bonds is 5. The molecular weight excluding hydrogens is 321 g/mol. The maximum atomic E-state index is 14.1. The van der Waals surface area contributed by atoms with Crippen molar-refractivity contribution >= 4 is 16.7 Å². The first kappa shape index (κ1) is 17.1. The van der Waals surface area contributed by atoms with Crippen molar-refractivity contribution in [3.8, 4) is 0 Å². The standard InChI is InChI=1S/C18H22FN5O/c1-4-11-5-6-13(20)18(25)24(11)9-15-22-16-12(19)8-21-14(7-10(2)3)17(16)23-15/h5-6,8,10H,4,7,9,20H2,1-3H3,(H,22,23). The molecule has 0 spiro atoms. The van der Waals surface area contributed by atoms with Gasteiger partial charge in [-0.15, -0.1) is 0 Å². The summed E-state index contributed by atoms with van der Waals surface area (Å²) in [6.45, 7) is 6.33. The lowest BCUT2D eigenvalue weighted by molar-refractivity contribution is 0.616. The molecule has 3 rings (SSSR count). The lowest BCUT2D eigenvalue weighted by Crippen LogP contribution is -2.26. The molecule has 132 valence electrons. The summed E-state index contributed by atoms with van der Waals surface area (Å²) in [6, 6.07) is 3.44. The van der Waals surface area contributed by atoms with Crippen LogP contribution in [0.1, 0.15) is 38.0 Å². The molecule has 0 unspecified atom stereocenters. The molecule has 7 heteroatoms. The lowest BCUT2D eigenvalue weighted by Gasteiger charge is -2.10. The highest BCUT2D eigenvalue weighted by molar-refractivity contribution is 5.77. The van der Waals surface area contributed by atoms with Gasteiger partial charge in [0.1, 0.15) is 11.3 Å². The molecule has 0 fully saturated rings. The molecule has 0 aliphatic rings. The van der Waals surface area contributed by atoms with E-state index in [-0.39, 0.29) is 23.3 Å². The summed E-state index contributed by atoms with van der Waals surface area (Å²) in [4.78, 5) is 24.0. The van der Waals surface area contributed by atoms with Crippen LogP contribution in [-0.4, -0.2) is 19.5 Å². The van der Waals surface area contributed by atoms with Crippen LogP contribution >= 0.6 is 0 Å². The summed E-state index contributed by atoms with van der Waals surface area (Å²) in [6.07, 6.45) is 2.61. The van der Waals surface area contributed by atoms with Crippen molar-refractivity contribution in [2.45, 2.75) is 40.2 Å². The molecule has 0 aromatic carbocycles. The highest BCUT2D eigenvalue weighted by Gasteiger charge is 2.15. The van der Waals surface area contributed by atoms with Crippen LogP contribution in [0.4, 0.5) is 10.1 Å². The minimum Gasteiger partial charge on any atom is -0.394 e. The highest BCUT2D eigenvalue weighted by Crippen LogP contribution is 2.20. The van der Waals surface area contributed by atoms with Crippen LogP contribution in [0.3, 0.4) is 0 Å². The summed E-state index contributed by atoms with van der Waals surface area (Å²) in [7, 11) is 0. The summed E-state index contributed by atoms with van der Waals surface area (Å²) < 4.78 is 15.7. The van der Waals surface area contributed by atoms with Crippen molar-refractivity contribution in [3.63, 3.8) is 0 Å². The monoisotopic (exact) mass is 343 g/mol. The SMILES string of the molecule is CCc1ccc(N)c(=O)n1Cc1nc2c(F)cnc(CC(C)C)c2[nH]1. The summed E-state index contributed by atoms with van der Waals surface area (Å²) >= 11 is 0. The predicted molar refractivity (Wildman–Crippen MR) is 96.0 cm³/mol. The number of nitrogens with zero attached hydrogens (tertiary/aromatic N) is 3. The Morgan fingerprint density at radius 2 is 2.12 bits per heavy atom. The van der Waals surface area contributed by atoms with Crippen molar-refractivity contribution in [2.24, 2.45) is 5.92 Å². The average molecular weight is 343 g/mol. The van der Waals surface area contributed by atoms with Crippen LogP contribution < -0.4 is 11.3 Å². The fourth-order valence-electron chi connectivity index (χ4n) is 2.95. The molecule has 3 aromatic heterocycles. The van der Waals surface area contributed by atoms with E-state index in [9.17, 15) is 9.18 Å². The Kier molecular flexibility index (Phi) is 4.57. The molecule has 0 saturated heterocycles. The number of nitrogen functional groups attached to an aromatic ring is 1. The smallest absolute Gasteiger partial charge is 0.274 e. The van der Waals surface area contributed by atoms with Crippen LogP contribution in [0.15, 0.2) is 23.1 Å². The van der Waals surface area contributed by atoms with Gasteiger partial charge in [-0.3, -0.25) is 9.78 Å². The van der Waals surface area contributed by atoms with E-state index < -0.39 is 5.82 Å². The van der Waals surface area contributed by atoms with Gasteiger partial charge in [-0.25, -0.2) is 9.37 Å². The highest BCUT2D eigenvalue weighted by atomic mass is 19.1. The number of hydrogen-bond donors (Lipinski definition) is 2. The zero-order valence-corrected chi connectivity index (χ0v) is 14.6. The van der Waals surface area contributed by atoms with Gasteiger partial charge in [0.2, 0.25) is 0 Å². The van der Waals surface area contributed by atoms with Crippen molar-refractivity contribution in [2.75, 3.05) is 5.73 Å². The van der Waals surface area contributed by atoms with Crippen LogP contribution in [0.25, 0.3) is 11.0 Å². The number of anilines is 1. The number of nitrogens with two attached hydrogens (primary N) is 1. The summed E-state index contributed by atoms with van der Waals surface area (Å²) in [5.41, 5.74) is 8.14. The maximum absolute atomic E-state index is 14.1. The van der Waals surface area contributed by atoms with Gasteiger partial charge in [-0.1, -0.05) is 20.8 Å². The second-order valence-electron chi connectivity index (χ2n) is 6.58.